The second-order valence-electron chi connectivity index (χ2n) is 5.81. The third kappa shape index (κ3) is 1.65. The Balaban J connectivity index is 1.70. The zero-order valence-electron chi connectivity index (χ0n) is 9.77. The van der Waals surface area contributed by atoms with E-state index in [2.05, 4.69) is 4.90 Å². The number of carboxylic acid groups (broad SMARTS) is 1. The molecule has 3 rings (SSSR count). The van der Waals surface area contributed by atoms with Crippen molar-refractivity contribution in [2.45, 2.75) is 57.0 Å². The zero-order chi connectivity index (χ0) is 11.1. The molecule has 3 unspecified atom stereocenters. The average Bonchev–Trinajstić information content (AvgIpc) is 2.86. The van der Waals surface area contributed by atoms with Crippen LogP contribution in [0.2, 0.25) is 0 Å². The molecule has 0 amide bonds. The third-order valence-electron chi connectivity index (χ3n) is 4.98. The van der Waals surface area contributed by atoms with E-state index in [1.807, 2.05) is 0 Å². The quantitative estimate of drug-likeness (QED) is 0.779. The van der Waals surface area contributed by atoms with Gasteiger partial charge in [-0.1, -0.05) is 12.8 Å². The number of fused-ring (bicyclic) bond motifs is 2. The molecule has 3 fully saturated rings. The van der Waals surface area contributed by atoms with Gasteiger partial charge in [0.2, 0.25) is 0 Å². The molecule has 1 N–H and O–H groups in total. The molecule has 3 nitrogen and oxygen atoms in total. The molecule has 1 heterocycles. The van der Waals surface area contributed by atoms with Crippen molar-refractivity contribution < 1.29 is 9.90 Å². The molecule has 1 aliphatic heterocycles. The van der Waals surface area contributed by atoms with Crippen molar-refractivity contribution >= 4 is 5.97 Å². The number of hydrogen-bond donors (Lipinski definition) is 1. The fraction of sp³-hybridized carbons (Fsp3) is 0.923. The van der Waals surface area contributed by atoms with Crippen molar-refractivity contribution in [2.24, 2.45) is 11.8 Å². The van der Waals surface area contributed by atoms with E-state index in [0.717, 1.165) is 31.8 Å². The highest BCUT2D eigenvalue weighted by Gasteiger charge is 2.45. The summed E-state index contributed by atoms with van der Waals surface area (Å²) in [6.07, 6.45) is 8.62. The number of rotatable bonds is 2. The van der Waals surface area contributed by atoms with Crippen LogP contribution in [0.15, 0.2) is 0 Å². The largest absolute Gasteiger partial charge is 0.481 e. The maximum absolute atomic E-state index is 11.2. The third-order valence-corrected chi connectivity index (χ3v) is 4.98. The molecule has 90 valence electrons. The highest BCUT2D eigenvalue weighted by atomic mass is 16.4. The molecule has 0 radical (unpaired) electrons. The lowest BCUT2D eigenvalue weighted by molar-refractivity contribution is -0.144. The van der Waals surface area contributed by atoms with Gasteiger partial charge in [0.1, 0.15) is 0 Å². The normalized spacial score (nSPS) is 40.4. The van der Waals surface area contributed by atoms with E-state index in [1.165, 1.54) is 25.7 Å². The first-order valence-corrected chi connectivity index (χ1v) is 6.74. The molecular weight excluding hydrogens is 202 g/mol. The van der Waals surface area contributed by atoms with Crippen LogP contribution >= 0.6 is 0 Å². The SMILES string of the molecule is O=C(O)C1CCC2CC1CN2C1CCCC1. The number of hydrogen-bond acceptors (Lipinski definition) is 2. The number of nitrogens with zero attached hydrogens (tertiary/aromatic N) is 1. The van der Waals surface area contributed by atoms with E-state index in [0.29, 0.717) is 12.0 Å². The number of carbonyl (C=O) groups is 1. The molecule has 0 aromatic heterocycles. The molecule has 2 saturated carbocycles. The first-order valence-electron chi connectivity index (χ1n) is 6.74. The minimum atomic E-state index is -0.559. The van der Waals surface area contributed by atoms with Gasteiger partial charge in [-0.15, -0.1) is 0 Å². The maximum Gasteiger partial charge on any atom is 0.306 e. The highest BCUT2D eigenvalue weighted by Crippen LogP contribution is 2.42. The summed E-state index contributed by atoms with van der Waals surface area (Å²) < 4.78 is 0. The minimum absolute atomic E-state index is 0.0531. The molecule has 0 aromatic rings. The number of carboxylic acids is 1. The van der Waals surface area contributed by atoms with E-state index >= 15 is 0 Å². The summed E-state index contributed by atoms with van der Waals surface area (Å²) in [6, 6.07) is 1.49. The first kappa shape index (κ1) is 10.6. The monoisotopic (exact) mass is 223 g/mol. The lowest BCUT2D eigenvalue weighted by atomic mass is 9.80. The summed E-state index contributed by atoms with van der Waals surface area (Å²) in [4.78, 5) is 13.8. The van der Waals surface area contributed by atoms with E-state index in [1.54, 1.807) is 0 Å². The number of aliphatic carboxylic acids is 1. The van der Waals surface area contributed by atoms with Crippen LogP contribution in [0.3, 0.4) is 0 Å². The van der Waals surface area contributed by atoms with Gasteiger partial charge in [-0.05, 0) is 38.0 Å². The molecule has 1 saturated heterocycles. The van der Waals surface area contributed by atoms with Gasteiger partial charge in [-0.3, -0.25) is 9.69 Å². The molecule has 3 aliphatic rings. The van der Waals surface area contributed by atoms with Crippen molar-refractivity contribution in [3.8, 4) is 0 Å². The first-order chi connectivity index (χ1) is 7.75. The van der Waals surface area contributed by atoms with Gasteiger partial charge >= 0.3 is 5.97 Å². The van der Waals surface area contributed by atoms with Crippen molar-refractivity contribution in [1.29, 1.82) is 0 Å². The molecule has 0 aromatic carbocycles. The summed E-state index contributed by atoms with van der Waals surface area (Å²) in [5.74, 6) is -0.170. The summed E-state index contributed by atoms with van der Waals surface area (Å²) >= 11 is 0. The second-order valence-corrected chi connectivity index (χ2v) is 5.81. The summed E-state index contributed by atoms with van der Waals surface area (Å²) in [5.41, 5.74) is 0. The van der Waals surface area contributed by atoms with Gasteiger partial charge in [-0.25, -0.2) is 0 Å². The van der Waals surface area contributed by atoms with Crippen LogP contribution in [-0.4, -0.2) is 34.6 Å². The molecular formula is C13H21NO2. The van der Waals surface area contributed by atoms with Crippen LogP contribution in [-0.2, 0) is 4.79 Å². The molecule has 2 aliphatic carbocycles. The van der Waals surface area contributed by atoms with Crippen molar-refractivity contribution in [3.63, 3.8) is 0 Å². The molecule has 3 atom stereocenters. The van der Waals surface area contributed by atoms with Crippen LogP contribution in [0.25, 0.3) is 0 Å². The Morgan fingerprint density at radius 2 is 1.81 bits per heavy atom. The van der Waals surface area contributed by atoms with Gasteiger partial charge in [0.15, 0.2) is 0 Å². The van der Waals surface area contributed by atoms with Crippen LogP contribution < -0.4 is 0 Å². The van der Waals surface area contributed by atoms with Crippen molar-refractivity contribution in [1.82, 2.24) is 4.90 Å². The Kier molecular flexibility index (Phi) is 2.66. The van der Waals surface area contributed by atoms with E-state index in [-0.39, 0.29) is 5.92 Å². The van der Waals surface area contributed by atoms with Crippen LogP contribution in [0, 0.1) is 11.8 Å². The highest BCUT2D eigenvalue weighted by molar-refractivity contribution is 5.70. The Bertz CT molecular complexity index is 286. The fourth-order valence-corrected chi connectivity index (χ4v) is 4.17. The molecule has 3 heteroatoms. The lowest BCUT2D eigenvalue weighted by Gasteiger charge is -2.30. The summed E-state index contributed by atoms with van der Waals surface area (Å²) in [6.45, 7) is 1.06. The summed E-state index contributed by atoms with van der Waals surface area (Å²) in [7, 11) is 0. The zero-order valence-corrected chi connectivity index (χ0v) is 9.77. The predicted molar refractivity (Wildman–Crippen MR) is 61.2 cm³/mol. The van der Waals surface area contributed by atoms with Gasteiger partial charge in [-0.2, -0.15) is 0 Å². The smallest absolute Gasteiger partial charge is 0.306 e. The number of likely N-dealkylation sites (tertiary alicyclic amines) is 1. The van der Waals surface area contributed by atoms with Gasteiger partial charge in [0.25, 0.3) is 0 Å². The molecule has 16 heavy (non-hydrogen) atoms. The van der Waals surface area contributed by atoms with Crippen molar-refractivity contribution in [3.05, 3.63) is 0 Å². The van der Waals surface area contributed by atoms with E-state index in [4.69, 9.17) is 0 Å². The topological polar surface area (TPSA) is 40.5 Å². The van der Waals surface area contributed by atoms with Crippen LogP contribution in [0.5, 0.6) is 0 Å². The average molecular weight is 223 g/mol. The Morgan fingerprint density at radius 1 is 1.06 bits per heavy atom. The van der Waals surface area contributed by atoms with Crippen LogP contribution in [0.1, 0.15) is 44.9 Å². The van der Waals surface area contributed by atoms with Gasteiger partial charge in [0, 0.05) is 18.6 Å². The molecule has 2 bridgehead atoms. The Morgan fingerprint density at radius 3 is 2.50 bits per heavy atom. The summed E-state index contributed by atoms with van der Waals surface area (Å²) in [5, 5.41) is 9.19. The standard InChI is InChI=1S/C13H21NO2/c15-13(16)12-6-5-11-7-9(12)8-14(11)10-3-1-2-4-10/h9-12H,1-8H2,(H,15,16). The Hall–Kier alpha value is -0.570. The van der Waals surface area contributed by atoms with Gasteiger partial charge in [0.05, 0.1) is 5.92 Å². The Labute approximate surface area is 96.8 Å². The van der Waals surface area contributed by atoms with Crippen LogP contribution in [0.4, 0.5) is 0 Å². The predicted octanol–water partition coefficient (Wildman–Crippen LogP) is 2.11. The van der Waals surface area contributed by atoms with Gasteiger partial charge < -0.3 is 5.11 Å². The fourth-order valence-electron chi connectivity index (χ4n) is 4.17. The molecule has 0 spiro atoms. The van der Waals surface area contributed by atoms with Crippen molar-refractivity contribution in [2.75, 3.05) is 6.54 Å². The minimum Gasteiger partial charge on any atom is -0.481 e. The second kappa shape index (κ2) is 4.02. The maximum atomic E-state index is 11.2. The van der Waals surface area contributed by atoms with E-state index < -0.39 is 5.97 Å². The van der Waals surface area contributed by atoms with E-state index in [9.17, 15) is 9.90 Å². The lowest BCUT2D eigenvalue weighted by Crippen LogP contribution is -2.37.